The van der Waals surface area contributed by atoms with Crippen LogP contribution in [0.3, 0.4) is 0 Å². The molecule has 0 aromatic heterocycles. The van der Waals surface area contributed by atoms with Gasteiger partial charge in [0.15, 0.2) is 0 Å². The van der Waals surface area contributed by atoms with Crippen LogP contribution in [0, 0.1) is 0 Å². The van der Waals surface area contributed by atoms with E-state index in [1.54, 1.807) is 6.07 Å². The maximum Gasteiger partial charge on any atom is 0.253 e. The van der Waals surface area contributed by atoms with E-state index in [9.17, 15) is 9.59 Å². The second kappa shape index (κ2) is 8.50. The highest BCUT2D eigenvalue weighted by atomic mass is 35.5. The number of hydrogen-bond acceptors (Lipinski definition) is 4. The minimum Gasteiger partial charge on any atom is -0.488 e. The van der Waals surface area contributed by atoms with E-state index in [1.165, 1.54) is 0 Å². The first-order valence-electron chi connectivity index (χ1n) is 9.04. The molecule has 0 bridgehead atoms. The van der Waals surface area contributed by atoms with E-state index >= 15 is 0 Å². The van der Waals surface area contributed by atoms with Crippen LogP contribution < -0.4 is 10.1 Å². The highest BCUT2D eigenvalue weighted by Crippen LogP contribution is 2.30. The Morgan fingerprint density at radius 1 is 1.30 bits per heavy atom. The van der Waals surface area contributed by atoms with Gasteiger partial charge in [0.2, 0.25) is 5.91 Å². The Morgan fingerprint density at radius 2 is 2.15 bits per heavy atom. The predicted molar refractivity (Wildman–Crippen MR) is 106 cm³/mol. The second-order valence-electron chi connectivity index (χ2n) is 6.95. The standard InChI is InChI=1S/C19H22ClN3O3.ClH/c20-15-3-4-17-13(9-15)8-14(12-26-17)19(25)22-6-1-2-16(11-22)23-7-5-21-10-18(23)24;/h3-4,8-9,16,21H,1-2,5-7,10-12H2;1H. The monoisotopic (exact) mass is 411 g/mol. The van der Waals surface area contributed by atoms with Crippen LogP contribution in [0.15, 0.2) is 23.8 Å². The Balaban J connectivity index is 0.00000210. The van der Waals surface area contributed by atoms with E-state index < -0.39 is 0 Å². The topological polar surface area (TPSA) is 61.9 Å². The number of rotatable bonds is 2. The van der Waals surface area contributed by atoms with Crippen LogP contribution in [0.4, 0.5) is 0 Å². The first kappa shape index (κ1) is 20.0. The smallest absolute Gasteiger partial charge is 0.253 e. The predicted octanol–water partition coefficient (Wildman–Crippen LogP) is 1.96. The molecule has 1 unspecified atom stereocenters. The molecule has 146 valence electrons. The molecule has 1 N–H and O–H groups in total. The highest BCUT2D eigenvalue weighted by Gasteiger charge is 2.33. The molecule has 2 amide bonds. The van der Waals surface area contributed by atoms with Crippen molar-refractivity contribution in [1.82, 2.24) is 15.1 Å². The van der Waals surface area contributed by atoms with Gasteiger partial charge in [-0.15, -0.1) is 12.4 Å². The van der Waals surface area contributed by atoms with Crippen molar-refractivity contribution in [3.05, 3.63) is 34.4 Å². The number of fused-ring (bicyclic) bond motifs is 1. The molecule has 27 heavy (non-hydrogen) atoms. The second-order valence-corrected chi connectivity index (χ2v) is 7.39. The van der Waals surface area contributed by atoms with Crippen molar-refractivity contribution in [3.8, 4) is 5.75 Å². The Labute approximate surface area is 169 Å². The van der Waals surface area contributed by atoms with Crippen LogP contribution in [0.2, 0.25) is 5.02 Å². The van der Waals surface area contributed by atoms with Crippen molar-refractivity contribution < 1.29 is 14.3 Å². The molecule has 0 spiro atoms. The lowest BCUT2D eigenvalue weighted by Gasteiger charge is -2.41. The average molecular weight is 412 g/mol. The number of nitrogens with one attached hydrogen (secondary N) is 1. The Morgan fingerprint density at radius 3 is 2.96 bits per heavy atom. The zero-order valence-corrected chi connectivity index (χ0v) is 16.5. The molecule has 3 heterocycles. The Hall–Kier alpha value is -1.76. The number of ether oxygens (including phenoxy) is 1. The van der Waals surface area contributed by atoms with Crippen LogP contribution in [0.1, 0.15) is 18.4 Å². The molecule has 2 fully saturated rings. The SMILES string of the molecule is Cl.O=C(C1=Cc2cc(Cl)ccc2OC1)N1CCCC(N2CCNCC2=O)C1. The molecule has 1 aromatic rings. The molecule has 1 aromatic carbocycles. The molecule has 3 aliphatic rings. The van der Waals surface area contributed by atoms with Gasteiger partial charge in [-0.05, 0) is 37.1 Å². The summed E-state index contributed by atoms with van der Waals surface area (Å²) in [5.74, 6) is 0.858. The van der Waals surface area contributed by atoms with Crippen molar-refractivity contribution in [2.45, 2.75) is 18.9 Å². The summed E-state index contributed by atoms with van der Waals surface area (Å²) in [5.41, 5.74) is 1.46. The summed E-state index contributed by atoms with van der Waals surface area (Å²) in [5, 5.41) is 3.71. The summed E-state index contributed by atoms with van der Waals surface area (Å²) in [6.45, 7) is 3.48. The maximum atomic E-state index is 13.0. The molecule has 1 atom stereocenters. The largest absolute Gasteiger partial charge is 0.488 e. The van der Waals surface area contributed by atoms with Gasteiger partial charge in [-0.3, -0.25) is 9.59 Å². The molecule has 0 radical (unpaired) electrons. The maximum absolute atomic E-state index is 13.0. The van der Waals surface area contributed by atoms with Gasteiger partial charge in [-0.1, -0.05) is 11.6 Å². The summed E-state index contributed by atoms with van der Waals surface area (Å²) < 4.78 is 5.72. The fraction of sp³-hybridized carbons (Fsp3) is 0.474. The number of carbonyl (C=O) groups excluding carboxylic acids is 2. The number of piperidine rings is 1. The van der Waals surface area contributed by atoms with Gasteiger partial charge in [0, 0.05) is 42.8 Å². The number of likely N-dealkylation sites (tertiary alicyclic amines) is 1. The molecule has 4 rings (SSSR count). The van der Waals surface area contributed by atoms with E-state index in [0.29, 0.717) is 30.2 Å². The minimum atomic E-state index is -0.0112. The highest BCUT2D eigenvalue weighted by molar-refractivity contribution is 6.30. The molecule has 2 saturated heterocycles. The van der Waals surface area contributed by atoms with Gasteiger partial charge in [-0.2, -0.15) is 0 Å². The number of halogens is 2. The van der Waals surface area contributed by atoms with Gasteiger partial charge in [0.1, 0.15) is 12.4 Å². The number of hydrogen-bond donors (Lipinski definition) is 1. The van der Waals surface area contributed by atoms with E-state index in [1.807, 2.05) is 28.0 Å². The van der Waals surface area contributed by atoms with Crippen molar-refractivity contribution in [2.75, 3.05) is 39.3 Å². The summed E-state index contributed by atoms with van der Waals surface area (Å²) in [6, 6.07) is 5.51. The van der Waals surface area contributed by atoms with Crippen LogP contribution in [0.25, 0.3) is 6.08 Å². The van der Waals surface area contributed by atoms with Crippen LogP contribution in [-0.2, 0) is 9.59 Å². The number of carbonyl (C=O) groups is 2. The van der Waals surface area contributed by atoms with Crippen LogP contribution in [-0.4, -0.2) is 67.0 Å². The number of benzene rings is 1. The molecule has 8 heteroatoms. The number of amides is 2. The first-order valence-corrected chi connectivity index (χ1v) is 9.42. The Kier molecular flexibility index (Phi) is 6.29. The van der Waals surface area contributed by atoms with Gasteiger partial charge < -0.3 is 19.9 Å². The first-order chi connectivity index (χ1) is 12.6. The van der Waals surface area contributed by atoms with Crippen molar-refractivity contribution in [2.24, 2.45) is 0 Å². The third kappa shape index (κ3) is 4.23. The molecular weight excluding hydrogens is 389 g/mol. The summed E-state index contributed by atoms with van der Waals surface area (Å²) >= 11 is 6.05. The third-order valence-corrected chi connectivity index (χ3v) is 5.45. The molecule has 6 nitrogen and oxygen atoms in total. The normalized spacial score (nSPS) is 22.3. The fourth-order valence-corrected chi connectivity index (χ4v) is 4.06. The van der Waals surface area contributed by atoms with E-state index in [4.69, 9.17) is 16.3 Å². The third-order valence-electron chi connectivity index (χ3n) is 5.21. The fourth-order valence-electron chi connectivity index (χ4n) is 3.88. The quantitative estimate of drug-likeness (QED) is 0.807. The summed E-state index contributed by atoms with van der Waals surface area (Å²) in [7, 11) is 0. The molecule has 0 saturated carbocycles. The molecular formula is C19H23Cl2N3O3. The van der Waals surface area contributed by atoms with Crippen molar-refractivity contribution in [3.63, 3.8) is 0 Å². The van der Waals surface area contributed by atoms with Gasteiger partial charge >= 0.3 is 0 Å². The lowest BCUT2D eigenvalue weighted by Crippen LogP contribution is -2.57. The lowest BCUT2D eigenvalue weighted by atomic mass is 10.0. The summed E-state index contributed by atoms with van der Waals surface area (Å²) in [6.07, 6.45) is 3.72. The van der Waals surface area contributed by atoms with E-state index in [2.05, 4.69) is 5.32 Å². The number of nitrogens with zero attached hydrogens (tertiary/aromatic N) is 2. The van der Waals surface area contributed by atoms with Gasteiger partial charge in [0.25, 0.3) is 5.91 Å². The number of piperazine rings is 1. The summed E-state index contributed by atoms with van der Waals surface area (Å²) in [4.78, 5) is 28.9. The van der Waals surface area contributed by atoms with Gasteiger partial charge in [-0.25, -0.2) is 0 Å². The lowest BCUT2D eigenvalue weighted by molar-refractivity contribution is -0.139. The van der Waals surface area contributed by atoms with Crippen molar-refractivity contribution in [1.29, 1.82) is 0 Å². The zero-order chi connectivity index (χ0) is 18.1. The van der Waals surface area contributed by atoms with E-state index in [0.717, 1.165) is 37.2 Å². The zero-order valence-electron chi connectivity index (χ0n) is 14.9. The minimum absolute atomic E-state index is 0. The Bertz CT molecular complexity index is 769. The molecule has 0 aliphatic carbocycles. The molecule has 3 aliphatic heterocycles. The van der Waals surface area contributed by atoms with Crippen molar-refractivity contribution >= 4 is 41.9 Å². The van der Waals surface area contributed by atoms with E-state index in [-0.39, 0.29) is 36.9 Å². The van der Waals surface area contributed by atoms with Crippen LogP contribution in [0.5, 0.6) is 5.75 Å². The average Bonchev–Trinajstić information content (AvgIpc) is 2.67. The van der Waals surface area contributed by atoms with Gasteiger partial charge in [0.05, 0.1) is 12.1 Å². The van der Waals surface area contributed by atoms with Crippen LogP contribution >= 0.6 is 24.0 Å².